The molecule has 0 aliphatic carbocycles. The molecule has 4 nitrogen and oxygen atoms in total. The second-order valence-electron chi connectivity index (χ2n) is 5.85. The van der Waals surface area contributed by atoms with Gasteiger partial charge in [0, 0.05) is 16.6 Å². The largest absolute Gasteiger partial charge is 0.314 e. The molecule has 2 unspecified atom stereocenters. The normalized spacial score (nSPS) is 21.8. The molecule has 0 amide bonds. The minimum Gasteiger partial charge on any atom is -0.314 e. The summed E-state index contributed by atoms with van der Waals surface area (Å²) in [6.45, 7) is 2.93. The number of sulfonamides is 1. The molecule has 0 aromatic heterocycles. The van der Waals surface area contributed by atoms with Crippen LogP contribution in [0.4, 0.5) is 0 Å². The maximum atomic E-state index is 12.6. The summed E-state index contributed by atoms with van der Waals surface area (Å²) in [4.78, 5) is 0.327. The quantitative estimate of drug-likeness (QED) is 0.801. The second kappa shape index (κ2) is 7.49. The summed E-state index contributed by atoms with van der Waals surface area (Å²) >= 11 is 3.43. The van der Waals surface area contributed by atoms with Crippen LogP contribution in [-0.4, -0.2) is 27.0 Å². The molecule has 126 valence electrons. The first-order chi connectivity index (χ1) is 10.4. The monoisotopic (exact) mass is 418 g/mol. The van der Waals surface area contributed by atoms with Crippen LogP contribution in [0.2, 0.25) is 0 Å². The van der Waals surface area contributed by atoms with E-state index in [0.29, 0.717) is 10.9 Å². The van der Waals surface area contributed by atoms with Crippen molar-refractivity contribution < 1.29 is 8.42 Å². The van der Waals surface area contributed by atoms with Crippen molar-refractivity contribution in [1.29, 1.82) is 0 Å². The lowest BCUT2D eigenvalue weighted by atomic mass is 10.0. The lowest BCUT2D eigenvalue weighted by Gasteiger charge is -2.28. The van der Waals surface area contributed by atoms with Gasteiger partial charge in [-0.05, 0) is 61.3 Å². The first-order valence-corrected chi connectivity index (χ1v) is 9.67. The van der Waals surface area contributed by atoms with Gasteiger partial charge in [-0.3, -0.25) is 0 Å². The molecule has 0 spiro atoms. The van der Waals surface area contributed by atoms with E-state index < -0.39 is 10.0 Å². The van der Waals surface area contributed by atoms with Gasteiger partial charge in [-0.2, -0.15) is 0 Å². The zero-order valence-electron chi connectivity index (χ0n) is 12.8. The predicted molar refractivity (Wildman–Crippen MR) is 99.7 cm³/mol. The smallest absolute Gasteiger partial charge is 0.240 e. The Balaban J connectivity index is 0.00000192. The highest BCUT2D eigenvalue weighted by molar-refractivity contribution is 9.10. The Bertz CT molecular complexity index is 798. The number of benzene rings is 2. The zero-order valence-corrected chi connectivity index (χ0v) is 16.0. The van der Waals surface area contributed by atoms with Gasteiger partial charge in [-0.25, -0.2) is 13.1 Å². The summed E-state index contributed by atoms with van der Waals surface area (Å²) < 4.78 is 29.0. The van der Waals surface area contributed by atoms with Gasteiger partial charge in [0.15, 0.2) is 0 Å². The number of hydrogen-bond donors (Lipinski definition) is 2. The molecule has 1 aliphatic rings. The number of fused-ring (bicyclic) bond motifs is 1. The molecule has 0 saturated carbocycles. The van der Waals surface area contributed by atoms with Crippen molar-refractivity contribution in [2.24, 2.45) is 0 Å². The summed E-state index contributed by atoms with van der Waals surface area (Å²) in [5.74, 6) is 0. The summed E-state index contributed by atoms with van der Waals surface area (Å²) in [7, 11) is -3.47. The topological polar surface area (TPSA) is 58.2 Å². The minimum atomic E-state index is -3.47. The van der Waals surface area contributed by atoms with Crippen LogP contribution in [0.25, 0.3) is 10.8 Å². The third-order valence-electron chi connectivity index (χ3n) is 4.03. The highest BCUT2D eigenvalue weighted by Gasteiger charge is 2.24. The first kappa shape index (κ1) is 18.7. The Morgan fingerprint density at radius 1 is 1.17 bits per heavy atom. The van der Waals surface area contributed by atoms with Crippen LogP contribution in [0.5, 0.6) is 0 Å². The number of nitrogens with one attached hydrogen (secondary N) is 2. The van der Waals surface area contributed by atoms with Crippen molar-refractivity contribution in [2.75, 3.05) is 6.54 Å². The molecule has 1 saturated heterocycles. The minimum absolute atomic E-state index is 0. The molecule has 2 aromatic carbocycles. The Hall–Kier alpha value is -0.660. The first-order valence-electron chi connectivity index (χ1n) is 7.39. The summed E-state index contributed by atoms with van der Waals surface area (Å²) in [6.07, 6.45) is 1.64. The van der Waals surface area contributed by atoms with Crippen molar-refractivity contribution in [3.63, 3.8) is 0 Å². The van der Waals surface area contributed by atoms with Gasteiger partial charge in [-0.15, -0.1) is 12.4 Å². The van der Waals surface area contributed by atoms with Crippen molar-refractivity contribution in [2.45, 2.75) is 36.7 Å². The Kier molecular flexibility index (Phi) is 6.08. The Morgan fingerprint density at radius 3 is 2.61 bits per heavy atom. The van der Waals surface area contributed by atoms with Crippen molar-refractivity contribution in [3.8, 4) is 0 Å². The van der Waals surface area contributed by atoms with E-state index in [-0.39, 0.29) is 18.4 Å². The van der Waals surface area contributed by atoms with Gasteiger partial charge in [0.1, 0.15) is 0 Å². The van der Waals surface area contributed by atoms with Gasteiger partial charge >= 0.3 is 0 Å². The average molecular weight is 420 g/mol. The Morgan fingerprint density at radius 2 is 1.87 bits per heavy atom. The summed E-state index contributed by atoms with van der Waals surface area (Å²) in [5.41, 5.74) is 0. The third-order valence-corrected chi connectivity index (χ3v) is 6.04. The van der Waals surface area contributed by atoms with E-state index in [1.54, 1.807) is 12.1 Å². The molecule has 3 rings (SSSR count). The number of piperidine rings is 1. The lowest BCUT2D eigenvalue weighted by Crippen LogP contribution is -2.46. The SMILES string of the molecule is CC1CC(NS(=O)(=O)c2ccc3cc(Br)ccc3c2)CCN1.Cl. The van der Waals surface area contributed by atoms with Crippen LogP contribution < -0.4 is 10.0 Å². The molecule has 2 atom stereocenters. The van der Waals surface area contributed by atoms with Crippen molar-refractivity contribution in [1.82, 2.24) is 10.0 Å². The summed E-state index contributed by atoms with van der Waals surface area (Å²) in [6, 6.07) is 11.4. The average Bonchev–Trinajstić information content (AvgIpc) is 2.46. The zero-order chi connectivity index (χ0) is 15.7. The van der Waals surface area contributed by atoms with E-state index in [1.807, 2.05) is 24.3 Å². The predicted octanol–water partition coefficient (Wildman–Crippen LogP) is 3.44. The fraction of sp³-hybridized carbons (Fsp3) is 0.375. The second-order valence-corrected chi connectivity index (χ2v) is 8.48. The molecular formula is C16H20BrClN2O2S. The van der Waals surface area contributed by atoms with E-state index >= 15 is 0 Å². The van der Waals surface area contributed by atoms with Gasteiger partial charge in [0.25, 0.3) is 0 Å². The van der Waals surface area contributed by atoms with E-state index in [9.17, 15) is 8.42 Å². The van der Waals surface area contributed by atoms with Crippen LogP contribution in [0.15, 0.2) is 45.8 Å². The number of halogens is 2. The number of hydrogen-bond acceptors (Lipinski definition) is 3. The van der Waals surface area contributed by atoms with Gasteiger partial charge < -0.3 is 5.32 Å². The lowest BCUT2D eigenvalue weighted by molar-refractivity contribution is 0.361. The van der Waals surface area contributed by atoms with Gasteiger partial charge in [-0.1, -0.05) is 28.1 Å². The van der Waals surface area contributed by atoms with Gasteiger partial charge in [0.05, 0.1) is 4.90 Å². The van der Waals surface area contributed by atoms with E-state index in [4.69, 9.17) is 0 Å². The van der Waals surface area contributed by atoms with Crippen LogP contribution in [0.3, 0.4) is 0 Å². The molecule has 1 aliphatic heterocycles. The van der Waals surface area contributed by atoms with Crippen molar-refractivity contribution >= 4 is 49.1 Å². The van der Waals surface area contributed by atoms with Gasteiger partial charge in [0.2, 0.25) is 10.0 Å². The van der Waals surface area contributed by atoms with Crippen LogP contribution >= 0.6 is 28.3 Å². The molecular weight excluding hydrogens is 400 g/mol. The molecule has 1 heterocycles. The maximum absolute atomic E-state index is 12.6. The fourth-order valence-corrected chi connectivity index (χ4v) is 4.59. The highest BCUT2D eigenvalue weighted by atomic mass is 79.9. The Labute approximate surface area is 151 Å². The molecule has 0 radical (unpaired) electrons. The molecule has 7 heteroatoms. The molecule has 2 aromatic rings. The molecule has 0 bridgehead atoms. The number of rotatable bonds is 3. The van der Waals surface area contributed by atoms with Crippen molar-refractivity contribution in [3.05, 3.63) is 40.9 Å². The van der Waals surface area contributed by atoms with Crippen LogP contribution in [0.1, 0.15) is 19.8 Å². The van der Waals surface area contributed by atoms with Crippen LogP contribution in [0, 0.1) is 0 Å². The highest BCUT2D eigenvalue weighted by Crippen LogP contribution is 2.23. The molecule has 2 N–H and O–H groups in total. The third kappa shape index (κ3) is 4.45. The standard InChI is InChI=1S/C16H19BrN2O2S.ClH/c1-11-8-15(6-7-18-11)19-22(20,21)16-5-3-12-9-14(17)4-2-13(12)10-16;/h2-5,9-11,15,18-19H,6-8H2,1H3;1H. The van der Waals surface area contributed by atoms with E-state index in [1.165, 1.54) is 0 Å². The van der Waals surface area contributed by atoms with E-state index in [0.717, 1.165) is 34.6 Å². The van der Waals surface area contributed by atoms with Crippen LogP contribution in [-0.2, 0) is 10.0 Å². The fourth-order valence-electron chi connectivity index (χ4n) is 2.89. The maximum Gasteiger partial charge on any atom is 0.240 e. The summed E-state index contributed by atoms with van der Waals surface area (Å²) in [5, 5.41) is 5.27. The molecule has 23 heavy (non-hydrogen) atoms. The van der Waals surface area contributed by atoms with E-state index in [2.05, 4.69) is 32.9 Å². The molecule has 1 fully saturated rings.